The predicted octanol–water partition coefficient (Wildman–Crippen LogP) is 6.37. The van der Waals surface area contributed by atoms with Crippen molar-refractivity contribution >= 4 is 10.8 Å². The lowest BCUT2D eigenvalue weighted by Gasteiger charge is -2.15. The monoisotopic (exact) mass is 372 g/mol. The third-order valence-electron chi connectivity index (χ3n) is 4.34. The fourth-order valence-corrected chi connectivity index (χ4v) is 3.03. The van der Waals surface area contributed by atoms with Crippen molar-refractivity contribution < 1.29 is 22.6 Å². The van der Waals surface area contributed by atoms with Crippen LogP contribution in [0.15, 0.2) is 61.2 Å². The molecule has 0 spiro atoms. The first kappa shape index (κ1) is 18.8. The number of benzene rings is 3. The quantitative estimate of drug-likeness (QED) is 0.448. The number of hydrogen-bond acceptors (Lipinski definition) is 2. The molecule has 0 radical (unpaired) electrons. The fourth-order valence-electron chi connectivity index (χ4n) is 3.03. The lowest BCUT2D eigenvalue weighted by atomic mass is 9.97. The summed E-state index contributed by atoms with van der Waals surface area (Å²) in [4.78, 5) is 0. The van der Waals surface area contributed by atoms with E-state index in [1.54, 1.807) is 42.5 Å². The summed E-state index contributed by atoms with van der Waals surface area (Å²) in [6.07, 6.45) is 3.31. The van der Waals surface area contributed by atoms with Gasteiger partial charge in [0.2, 0.25) is 0 Å². The molecular formula is C22H19F3O2. The smallest absolute Gasteiger partial charge is 0.387 e. The highest BCUT2D eigenvalue weighted by atomic mass is 19.3. The van der Waals surface area contributed by atoms with Crippen LogP contribution in [0.4, 0.5) is 13.2 Å². The summed E-state index contributed by atoms with van der Waals surface area (Å²) in [7, 11) is 1.51. The van der Waals surface area contributed by atoms with Crippen LogP contribution < -0.4 is 9.47 Å². The Labute approximate surface area is 155 Å². The molecule has 0 saturated heterocycles. The number of halogens is 3. The van der Waals surface area contributed by atoms with Gasteiger partial charge in [-0.2, -0.15) is 8.78 Å². The number of allylic oxidation sites excluding steroid dienone is 1. The summed E-state index contributed by atoms with van der Waals surface area (Å²) in [5.74, 6) is -0.201. The minimum atomic E-state index is -3.05. The normalized spacial score (nSPS) is 11.0. The molecule has 0 fully saturated rings. The molecule has 0 amide bonds. The summed E-state index contributed by atoms with van der Waals surface area (Å²) < 4.78 is 50.9. The Kier molecular flexibility index (Phi) is 5.69. The van der Waals surface area contributed by atoms with E-state index in [2.05, 4.69) is 11.3 Å². The van der Waals surface area contributed by atoms with E-state index in [1.165, 1.54) is 13.2 Å². The molecule has 3 aromatic carbocycles. The summed E-state index contributed by atoms with van der Waals surface area (Å²) >= 11 is 0. The molecule has 0 aliphatic rings. The molecular weight excluding hydrogens is 353 g/mol. The van der Waals surface area contributed by atoms with Crippen LogP contribution in [0.25, 0.3) is 21.9 Å². The number of fused-ring (bicyclic) bond motifs is 1. The van der Waals surface area contributed by atoms with Crippen molar-refractivity contribution in [3.63, 3.8) is 0 Å². The highest BCUT2D eigenvalue weighted by Gasteiger charge is 2.19. The van der Waals surface area contributed by atoms with Crippen LogP contribution in [0.5, 0.6) is 11.5 Å². The minimum absolute atomic E-state index is 0.00398. The van der Waals surface area contributed by atoms with Crippen molar-refractivity contribution in [2.24, 2.45) is 0 Å². The molecule has 0 aromatic heterocycles. The van der Waals surface area contributed by atoms with Gasteiger partial charge in [-0.05, 0) is 47.6 Å². The number of hydrogen-bond donors (Lipinski definition) is 0. The topological polar surface area (TPSA) is 18.5 Å². The van der Waals surface area contributed by atoms with Gasteiger partial charge in [-0.3, -0.25) is 0 Å². The van der Waals surface area contributed by atoms with Crippen LogP contribution >= 0.6 is 0 Å². The number of ether oxygens (including phenoxy) is 2. The van der Waals surface area contributed by atoms with Gasteiger partial charge < -0.3 is 9.47 Å². The first-order chi connectivity index (χ1) is 13.0. The second-order valence-electron chi connectivity index (χ2n) is 6.05. The zero-order chi connectivity index (χ0) is 19.4. The van der Waals surface area contributed by atoms with Crippen LogP contribution in [0.2, 0.25) is 0 Å². The van der Waals surface area contributed by atoms with E-state index in [1.807, 2.05) is 6.07 Å². The van der Waals surface area contributed by atoms with E-state index >= 15 is 4.39 Å². The third kappa shape index (κ3) is 4.08. The van der Waals surface area contributed by atoms with E-state index in [4.69, 9.17) is 4.74 Å². The predicted molar refractivity (Wildman–Crippen MR) is 101 cm³/mol. The number of methoxy groups -OCH3 is 1. The Morgan fingerprint density at radius 1 is 1.07 bits per heavy atom. The third-order valence-corrected chi connectivity index (χ3v) is 4.34. The second kappa shape index (κ2) is 8.16. The van der Waals surface area contributed by atoms with Crippen molar-refractivity contribution in [1.82, 2.24) is 0 Å². The highest BCUT2D eigenvalue weighted by Crippen LogP contribution is 2.39. The molecule has 0 unspecified atom stereocenters. The Morgan fingerprint density at radius 2 is 1.81 bits per heavy atom. The summed E-state index contributed by atoms with van der Waals surface area (Å²) in [6.45, 7) is 0.631. The molecule has 0 aliphatic heterocycles. The zero-order valence-corrected chi connectivity index (χ0v) is 14.8. The van der Waals surface area contributed by atoms with Gasteiger partial charge in [0.25, 0.3) is 0 Å². The molecule has 3 aromatic rings. The van der Waals surface area contributed by atoms with Crippen molar-refractivity contribution in [1.29, 1.82) is 0 Å². The Balaban J connectivity index is 2.17. The van der Waals surface area contributed by atoms with E-state index < -0.39 is 12.4 Å². The molecule has 27 heavy (non-hydrogen) atoms. The highest BCUT2D eigenvalue weighted by molar-refractivity contribution is 5.92. The maximum Gasteiger partial charge on any atom is 0.387 e. The summed E-state index contributed by atoms with van der Waals surface area (Å²) in [6, 6.07) is 13.3. The number of rotatable bonds is 7. The maximum absolute atomic E-state index is 15.3. The van der Waals surface area contributed by atoms with Gasteiger partial charge in [0.05, 0.1) is 12.7 Å². The number of aryl methyl sites for hydroxylation is 1. The molecule has 0 saturated carbocycles. The van der Waals surface area contributed by atoms with Gasteiger partial charge in [0.1, 0.15) is 17.3 Å². The molecule has 0 atom stereocenters. The van der Waals surface area contributed by atoms with Crippen molar-refractivity contribution in [3.05, 3.63) is 72.6 Å². The van der Waals surface area contributed by atoms with Crippen LogP contribution in [0.1, 0.15) is 12.0 Å². The maximum atomic E-state index is 15.3. The van der Waals surface area contributed by atoms with Gasteiger partial charge in [0, 0.05) is 5.39 Å². The van der Waals surface area contributed by atoms with Gasteiger partial charge >= 0.3 is 6.61 Å². The van der Waals surface area contributed by atoms with Gasteiger partial charge in [-0.25, -0.2) is 4.39 Å². The average Bonchev–Trinajstić information content (AvgIpc) is 2.66. The fraction of sp³-hybridized carbons (Fsp3) is 0.182. The Bertz CT molecular complexity index is 950. The Morgan fingerprint density at radius 3 is 2.44 bits per heavy atom. The molecule has 0 bridgehead atoms. The Hall–Kier alpha value is -2.95. The first-order valence-electron chi connectivity index (χ1n) is 8.48. The van der Waals surface area contributed by atoms with Crippen molar-refractivity contribution in [3.8, 4) is 22.6 Å². The van der Waals surface area contributed by atoms with Crippen LogP contribution in [0.3, 0.4) is 0 Å². The lowest BCUT2D eigenvalue weighted by Crippen LogP contribution is -2.05. The summed E-state index contributed by atoms with van der Waals surface area (Å²) in [5, 5.41) is 0.867. The van der Waals surface area contributed by atoms with Crippen LogP contribution in [-0.2, 0) is 6.42 Å². The van der Waals surface area contributed by atoms with Crippen LogP contribution in [-0.4, -0.2) is 13.7 Å². The second-order valence-corrected chi connectivity index (χ2v) is 6.05. The molecule has 0 aliphatic carbocycles. The first-order valence-corrected chi connectivity index (χ1v) is 8.48. The summed E-state index contributed by atoms with van der Waals surface area (Å²) in [5.41, 5.74) is 1.41. The molecule has 5 heteroatoms. The lowest BCUT2D eigenvalue weighted by molar-refractivity contribution is -0.0494. The van der Waals surface area contributed by atoms with Gasteiger partial charge in [0.15, 0.2) is 0 Å². The van der Waals surface area contributed by atoms with E-state index in [0.29, 0.717) is 22.1 Å². The minimum Gasteiger partial charge on any atom is -0.497 e. The van der Waals surface area contributed by atoms with Crippen molar-refractivity contribution in [2.75, 3.05) is 7.11 Å². The molecule has 2 nitrogen and oxygen atoms in total. The molecule has 0 N–H and O–H groups in total. The van der Waals surface area contributed by atoms with Crippen molar-refractivity contribution in [2.45, 2.75) is 19.5 Å². The van der Waals surface area contributed by atoms with Gasteiger partial charge in [-0.15, -0.1) is 6.58 Å². The van der Waals surface area contributed by atoms with E-state index in [9.17, 15) is 8.78 Å². The molecule has 140 valence electrons. The average molecular weight is 372 g/mol. The standard InChI is InChI=1S/C22H19F3O2/c1-3-4-5-14-6-11-18-16(12-14)13-19(27-22(24)25)20(21(18)23)15-7-9-17(26-2)10-8-15/h3,6-13,22H,1,4-5H2,2H3. The largest absolute Gasteiger partial charge is 0.497 e. The number of alkyl halides is 2. The molecule has 0 heterocycles. The molecule has 3 rings (SSSR count). The van der Waals surface area contributed by atoms with Gasteiger partial charge in [-0.1, -0.05) is 36.4 Å². The van der Waals surface area contributed by atoms with E-state index in [0.717, 1.165) is 18.4 Å². The van der Waals surface area contributed by atoms with E-state index in [-0.39, 0.29) is 11.3 Å². The SMILES string of the molecule is C=CCCc1ccc2c(F)c(-c3ccc(OC)cc3)c(OC(F)F)cc2c1. The zero-order valence-electron chi connectivity index (χ0n) is 14.8. The van der Waals surface area contributed by atoms with Crippen LogP contribution in [0, 0.1) is 5.82 Å².